The van der Waals surface area contributed by atoms with Crippen molar-refractivity contribution < 1.29 is 23.9 Å². The van der Waals surface area contributed by atoms with Gasteiger partial charge in [-0.15, -0.1) is 0 Å². The molecule has 7 nitrogen and oxygen atoms in total. The molecule has 2 aromatic rings. The average molecular weight is 501 g/mol. The van der Waals surface area contributed by atoms with E-state index in [0.29, 0.717) is 5.69 Å². The second-order valence-corrected chi connectivity index (χ2v) is 9.04. The van der Waals surface area contributed by atoms with Crippen molar-refractivity contribution in [2.24, 2.45) is 5.92 Å². The maximum atomic E-state index is 12.9. The van der Waals surface area contributed by atoms with Crippen LogP contribution in [0.1, 0.15) is 52.1 Å². The quantitative estimate of drug-likeness (QED) is 0.452. The number of carbonyl (C=O) groups is 4. The fraction of sp³-hybridized carbons (Fsp3) is 0.333. The minimum atomic E-state index is -1.10. The monoisotopic (exact) mass is 500 g/mol. The third-order valence-corrected chi connectivity index (χ3v) is 6.42. The number of ether oxygens (including phenoxy) is 1. The second-order valence-electron chi connectivity index (χ2n) is 8.25. The number of esters is 1. The summed E-state index contributed by atoms with van der Waals surface area (Å²) in [6.07, 6.45) is 0.233. The van der Waals surface area contributed by atoms with Crippen LogP contribution in [0.5, 0.6) is 0 Å². The number of amides is 3. The minimum absolute atomic E-state index is 0.0133. The highest BCUT2D eigenvalue weighted by molar-refractivity contribution is 9.10. The number of anilines is 1. The molecule has 1 N–H and O–H groups in total. The summed E-state index contributed by atoms with van der Waals surface area (Å²) in [7, 11) is 0. The molecule has 8 heteroatoms. The Balaban J connectivity index is 1.70. The molecule has 0 unspecified atom stereocenters. The number of imide groups is 1. The van der Waals surface area contributed by atoms with Gasteiger partial charge in [-0.3, -0.25) is 19.3 Å². The fourth-order valence-corrected chi connectivity index (χ4v) is 3.92. The first-order valence-electron chi connectivity index (χ1n) is 10.3. The van der Waals surface area contributed by atoms with Crippen LogP contribution in [0.25, 0.3) is 0 Å². The Morgan fingerprint density at radius 2 is 1.56 bits per heavy atom. The molecule has 1 heterocycles. The first-order valence-corrected chi connectivity index (χ1v) is 11.1. The minimum Gasteiger partial charge on any atom is -0.454 e. The topological polar surface area (TPSA) is 92.8 Å². The van der Waals surface area contributed by atoms with Crippen molar-refractivity contribution in [3.05, 3.63) is 63.1 Å². The zero-order chi connectivity index (χ0) is 23.6. The van der Waals surface area contributed by atoms with Gasteiger partial charge in [-0.1, -0.05) is 41.9 Å². The summed E-state index contributed by atoms with van der Waals surface area (Å²) < 4.78 is 6.18. The molecule has 1 atom stereocenters. The van der Waals surface area contributed by atoms with E-state index in [9.17, 15) is 19.2 Å². The van der Waals surface area contributed by atoms with E-state index in [2.05, 4.69) is 21.2 Å². The first kappa shape index (κ1) is 23.7. The Bertz CT molecular complexity index is 1040. The van der Waals surface area contributed by atoms with Crippen LogP contribution in [0.4, 0.5) is 5.69 Å². The summed E-state index contributed by atoms with van der Waals surface area (Å²) in [5, 5.41) is 2.70. The van der Waals surface area contributed by atoms with E-state index in [-0.39, 0.29) is 23.5 Å². The van der Waals surface area contributed by atoms with Crippen LogP contribution < -0.4 is 5.32 Å². The van der Waals surface area contributed by atoms with Crippen molar-refractivity contribution in [3.63, 3.8) is 0 Å². The molecule has 2 aromatic carbocycles. The Hall–Kier alpha value is -3.00. The molecule has 0 radical (unpaired) electrons. The average Bonchev–Trinajstić information content (AvgIpc) is 2.99. The summed E-state index contributed by atoms with van der Waals surface area (Å²) >= 11 is 3.48. The van der Waals surface area contributed by atoms with Gasteiger partial charge < -0.3 is 10.1 Å². The molecule has 0 saturated carbocycles. The van der Waals surface area contributed by atoms with E-state index in [4.69, 9.17) is 4.74 Å². The molecule has 32 heavy (non-hydrogen) atoms. The molecule has 0 fully saturated rings. The highest BCUT2D eigenvalue weighted by Gasteiger charge is 2.43. The van der Waals surface area contributed by atoms with Crippen LogP contribution in [-0.2, 0) is 14.3 Å². The zero-order valence-corrected chi connectivity index (χ0v) is 20.0. The Morgan fingerprint density at radius 3 is 2.06 bits per heavy atom. The molecular formula is C24H25BrN2O5. The lowest BCUT2D eigenvalue weighted by molar-refractivity contribution is -0.151. The van der Waals surface area contributed by atoms with E-state index in [0.717, 1.165) is 20.5 Å². The predicted molar refractivity (Wildman–Crippen MR) is 123 cm³/mol. The van der Waals surface area contributed by atoms with Crippen LogP contribution in [0.3, 0.4) is 0 Å². The number of nitrogens with zero attached hydrogens (tertiary/aromatic N) is 1. The van der Waals surface area contributed by atoms with Crippen LogP contribution in [0.15, 0.2) is 40.9 Å². The SMILES string of the molecule is Cc1cc(NC(=O)COC(=O)[C@H](CC(C)C)N2C(=O)c3ccccc3C2=O)cc(C)c1Br. The maximum absolute atomic E-state index is 12.9. The van der Waals surface area contributed by atoms with Gasteiger partial charge >= 0.3 is 5.97 Å². The number of benzene rings is 2. The molecule has 0 bridgehead atoms. The van der Waals surface area contributed by atoms with Gasteiger partial charge in [0.1, 0.15) is 6.04 Å². The number of fused-ring (bicyclic) bond motifs is 1. The Kier molecular flexibility index (Phi) is 7.13. The second kappa shape index (κ2) is 9.65. The van der Waals surface area contributed by atoms with E-state index >= 15 is 0 Å². The van der Waals surface area contributed by atoms with Gasteiger partial charge in [-0.2, -0.15) is 0 Å². The number of hydrogen-bond donors (Lipinski definition) is 1. The van der Waals surface area contributed by atoms with E-state index < -0.39 is 36.3 Å². The summed E-state index contributed by atoms with van der Waals surface area (Å²) in [5.41, 5.74) is 3.03. The Morgan fingerprint density at radius 1 is 1.03 bits per heavy atom. The van der Waals surface area contributed by atoms with Crippen molar-refractivity contribution in [2.75, 3.05) is 11.9 Å². The van der Waals surface area contributed by atoms with Crippen LogP contribution in [-0.4, -0.2) is 41.2 Å². The highest BCUT2D eigenvalue weighted by Crippen LogP contribution is 2.28. The van der Waals surface area contributed by atoms with Crippen molar-refractivity contribution in [1.82, 2.24) is 4.90 Å². The lowest BCUT2D eigenvalue weighted by atomic mass is 10.0. The molecule has 3 rings (SSSR count). The third kappa shape index (κ3) is 4.91. The molecule has 168 valence electrons. The van der Waals surface area contributed by atoms with Crippen molar-refractivity contribution in [2.45, 2.75) is 40.2 Å². The van der Waals surface area contributed by atoms with Gasteiger partial charge in [0.05, 0.1) is 11.1 Å². The summed E-state index contributed by atoms with van der Waals surface area (Å²) in [5.74, 6) is -2.34. The van der Waals surface area contributed by atoms with E-state index in [1.165, 1.54) is 0 Å². The molecule has 0 aliphatic carbocycles. The number of carbonyl (C=O) groups excluding carboxylic acids is 4. The predicted octanol–water partition coefficient (Wildman–Crippen LogP) is 4.26. The zero-order valence-electron chi connectivity index (χ0n) is 18.4. The number of rotatable bonds is 7. The van der Waals surface area contributed by atoms with Crippen molar-refractivity contribution in [3.8, 4) is 0 Å². The van der Waals surface area contributed by atoms with Crippen LogP contribution >= 0.6 is 15.9 Å². The van der Waals surface area contributed by atoms with Gasteiger partial charge in [0.15, 0.2) is 6.61 Å². The van der Waals surface area contributed by atoms with Gasteiger partial charge in [0, 0.05) is 10.2 Å². The van der Waals surface area contributed by atoms with Gasteiger partial charge in [-0.05, 0) is 61.6 Å². The van der Waals surface area contributed by atoms with E-state index in [1.54, 1.807) is 36.4 Å². The number of aryl methyl sites for hydroxylation is 2. The van der Waals surface area contributed by atoms with Gasteiger partial charge in [-0.25, -0.2) is 4.79 Å². The molecule has 1 aliphatic rings. The van der Waals surface area contributed by atoms with Crippen LogP contribution in [0, 0.1) is 19.8 Å². The smallest absolute Gasteiger partial charge is 0.329 e. The van der Waals surface area contributed by atoms with Crippen molar-refractivity contribution >= 4 is 45.3 Å². The van der Waals surface area contributed by atoms with Crippen molar-refractivity contribution in [1.29, 1.82) is 0 Å². The number of halogens is 1. The molecule has 0 spiro atoms. The summed E-state index contributed by atoms with van der Waals surface area (Å²) in [6.45, 7) is 7.05. The molecular weight excluding hydrogens is 476 g/mol. The first-order chi connectivity index (χ1) is 15.1. The largest absolute Gasteiger partial charge is 0.454 e. The van der Waals surface area contributed by atoms with Gasteiger partial charge in [0.2, 0.25) is 0 Å². The lowest BCUT2D eigenvalue weighted by Gasteiger charge is -2.25. The molecule has 1 aliphatic heterocycles. The van der Waals surface area contributed by atoms with E-state index in [1.807, 2.05) is 27.7 Å². The highest BCUT2D eigenvalue weighted by atomic mass is 79.9. The Labute approximate surface area is 195 Å². The lowest BCUT2D eigenvalue weighted by Crippen LogP contribution is -2.46. The standard InChI is InChI=1S/C24H25BrN2O5/c1-13(2)9-19(27-22(29)17-7-5-6-8-18(17)23(27)30)24(31)32-12-20(28)26-16-10-14(3)21(25)15(4)11-16/h5-8,10-11,13,19H,9,12H2,1-4H3,(H,26,28)/t19-/m0/s1. The maximum Gasteiger partial charge on any atom is 0.329 e. The normalized spacial score (nSPS) is 13.9. The number of hydrogen-bond acceptors (Lipinski definition) is 5. The third-order valence-electron chi connectivity index (χ3n) is 5.17. The van der Waals surface area contributed by atoms with Crippen LogP contribution in [0.2, 0.25) is 0 Å². The summed E-state index contributed by atoms with van der Waals surface area (Å²) in [4.78, 5) is 51.8. The molecule has 3 amide bonds. The van der Waals surface area contributed by atoms with Gasteiger partial charge in [0.25, 0.3) is 17.7 Å². The summed E-state index contributed by atoms with van der Waals surface area (Å²) in [6, 6.07) is 8.95. The molecule has 0 aromatic heterocycles. The fourth-order valence-electron chi connectivity index (χ4n) is 3.69. The molecule has 0 saturated heterocycles. The number of nitrogens with one attached hydrogen (secondary N) is 1.